The molecule has 3 rings (SSSR count). The largest absolute Gasteiger partial charge is 0.497 e. The van der Waals surface area contributed by atoms with Gasteiger partial charge in [-0.3, -0.25) is 0 Å². The Hall–Kier alpha value is -3.10. The minimum absolute atomic E-state index is 0.491. The minimum atomic E-state index is 0.491. The number of allylic oxidation sites excluding steroid dienone is 1. The molecule has 0 aliphatic carbocycles. The molecule has 0 saturated carbocycles. The second-order valence-electron chi connectivity index (χ2n) is 4.95. The van der Waals surface area contributed by atoms with Crippen molar-refractivity contribution in [1.29, 1.82) is 5.26 Å². The minimum Gasteiger partial charge on any atom is -0.497 e. The molecule has 0 saturated heterocycles. The van der Waals surface area contributed by atoms with E-state index in [2.05, 4.69) is 16.4 Å². The molecule has 24 heavy (non-hydrogen) atoms. The third kappa shape index (κ3) is 3.62. The molecule has 1 N–H and O–H groups in total. The normalized spacial score (nSPS) is 10.9. The average molecular weight is 333 g/mol. The van der Waals surface area contributed by atoms with Crippen LogP contribution in [0.3, 0.4) is 0 Å². The molecular formula is C19H15N3OS. The molecule has 118 valence electrons. The van der Waals surface area contributed by atoms with Gasteiger partial charge in [-0.2, -0.15) is 5.26 Å². The average Bonchev–Trinajstić information content (AvgIpc) is 3.13. The predicted molar refractivity (Wildman–Crippen MR) is 97.8 cm³/mol. The highest BCUT2D eigenvalue weighted by Crippen LogP contribution is 2.26. The summed E-state index contributed by atoms with van der Waals surface area (Å²) < 4.78 is 5.19. The molecule has 5 heteroatoms. The number of benzene rings is 2. The Morgan fingerprint density at radius 3 is 2.79 bits per heavy atom. The molecule has 0 unspecified atom stereocenters. The van der Waals surface area contributed by atoms with Crippen molar-refractivity contribution in [2.24, 2.45) is 0 Å². The van der Waals surface area contributed by atoms with Gasteiger partial charge in [0, 0.05) is 28.9 Å². The number of hydrogen-bond acceptors (Lipinski definition) is 5. The van der Waals surface area contributed by atoms with Crippen molar-refractivity contribution in [1.82, 2.24) is 4.98 Å². The number of ether oxygens (including phenoxy) is 1. The van der Waals surface area contributed by atoms with Crippen molar-refractivity contribution < 1.29 is 4.74 Å². The summed E-state index contributed by atoms with van der Waals surface area (Å²) in [5.41, 5.74) is 3.25. The summed E-state index contributed by atoms with van der Waals surface area (Å²) in [5.74, 6) is 0.757. The number of nitrogens with zero attached hydrogens (tertiary/aromatic N) is 2. The van der Waals surface area contributed by atoms with E-state index < -0.39 is 0 Å². The zero-order chi connectivity index (χ0) is 16.8. The lowest BCUT2D eigenvalue weighted by Gasteiger charge is -2.04. The fourth-order valence-electron chi connectivity index (χ4n) is 2.15. The maximum atomic E-state index is 9.42. The molecule has 4 nitrogen and oxygen atoms in total. The molecular weight excluding hydrogens is 318 g/mol. The molecule has 1 heterocycles. The topological polar surface area (TPSA) is 57.9 Å². The Balaban J connectivity index is 1.81. The number of thiazole rings is 1. The first-order valence-corrected chi connectivity index (χ1v) is 8.20. The van der Waals surface area contributed by atoms with Crippen molar-refractivity contribution in [2.75, 3.05) is 12.4 Å². The van der Waals surface area contributed by atoms with E-state index in [4.69, 9.17) is 4.74 Å². The molecule has 0 spiro atoms. The monoisotopic (exact) mass is 333 g/mol. The Morgan fingerprint density at radius 1 is 1.21 bits per heavy atom. The van der Waals surface area contributed by atoms with Crippen LogP contribution >= 0.6 is 11.3 Å². The highest BCUT2D eigenvalue weighted by atomic mass is 32.1. The van der Waals surface area contributed by atoms with Gasteiger partial charge < -0.3 is 10.1 Å². The van der Waals surface area contributed by atoms with Crippen molar-refractivity contribution in [3.8, 4) is 23.1 Å². The fourth-order valence-corrected chi connectivity index (χ4v) is 2.94. The summed E-state index contributed by atoms with van der Waals surface area (Å²) in [6.07, 6.45) is 1.67. The molecule has 0 bridgehead atoms. The van der Waals surface area contributed by atoms with Crippen LogP contribution in [0.25, 0.3) is 16.8 Å². The molecule has 1 aromatic heterocycles. The van der Waals surface area contributed by atoms with Crippen LogP contribution in [0.1, 0.15) is 5.01 Å². The van der Waals surface area contributed by atoms with Crippen molar-refractivity contribution >= 4 is 22.6 Å². The van der Waals surface area contributed by atoms with Crippen molar-refractivity contribution in [3.63, 3.8) is 0 Å². The van der Waals surface area contributed by atoms with E-state index in [0.29, 0.717) is 10.6 Å². The van der Waals surface area contributed by atoms with E-state index in [1.165, 1.54) is 11.3 Å². The van der Waals surface area contributed by atoms with Crippen LogP contribution < -0.4 is 10.1 Å². The molecule has 0 fully saturated rings. The first-order chi connectivity index (χ1) is 11.8. The lowest BCUT2D eigenvalue weighted by Crippen LogP contribution is -1.92. The van der Waals surface area contributed by atoms with E-state index in [1.807, 2.05) is 60.0 Å². The third-order valence-electron chi connectivity index (χ3n) is 3.38. The van der Waals surface area contributed by atoms with E-state index in [9.17, 15) is 5.26 Å². The number of rotatable bonds is 5. The summed E-state index contributed by atoms with van der Waals surface area (Å²) in [5, 5.41) is 15.2. The number of nitriles is 1. The van der Waals surface area contributed by atoms with E-state index in [1.54, 1.807) is 13.3 Å². The number of anilines is 1. The summed E-state index contributed by atoms with van der Waals surface area (Å²) in [6.45, 7) is 0. The maximum absolute atomic E-state index is 9.42. The lowest BCUT2D eigenvalue weighted by atomic mass is 10.2. The van der Waals surface area contributed by atoms with Gasteiger partial charge in [0.1, 0.15) is 22.4 Å². The molecule has 0 aliphatic rings. The standard InChI is InChI=1S/C19H15N3OS/c1-23-17-9-5-8-16(10-17)21-12-15(11-20)19-22-18(13-24-19)14-6-3-2-4-7-14/h2-10,12-13,21H,1H3/b15-12-. The van der Waals surface area contributed by atoms with Crippen LogP contribution in [-0.2, 0) is 0 Å². The van der Waals surface area contributed by atoms with Crippen LogP contribution in [-0.4, -0.2) is 12.1 Å². The maximum Gasteiger partial charge on any atom is 0.136 e. The molecule has 0 aliphatic heterocycles. The second-order valence-corrected chi connectivity index (χ2v) is 5.81. The predicted octanol–water partition coefficient (Wildman–Crippen LogP) is 4.80. The first kappa shape index (κ1) is 15.8. The second kappa shape index (κ2) is 7.44. The zero-order valence-electron chi connectivity index (χ0n) is 13.1. The molecule has 3 aromatic rings. The number of hydrogen-bond donors (Lipinski definition) is 1. The first-order valence-electron chi connectivity index (χ1n) is 7.32. The van der Waals surface area contributed by atoms with Gasteiger partial charge in [0.2, 0.25) is 0 Å². The highest BCUT2D eigenvalue weighted by Gasteiger charge is 2.08. The molecule has 2 aromatic carbocycles. The Kier molecular flexibility index (Phi) is 4.90. The number of aromatic nitrogens is 1. The number of methoxy groups -OCH3 is 1. The summed E-state index contributed by atoms with van der Waals surface area (Å²) in [4.78, 5) is 4.56. The Bertz CT molecular complexity index is 894. The smallest absolute Gasteiger partial charge is 0.136 e. The van der Waals surface area contributed by atoms with E-state index >= 15 is 0 Å². The zero-order valence-corrected chi connectivity index (χ0v) is 13.9. The van der Waals surface area contributed by atoms with Crippen LogP contribution in [0.2, 0.25) is 0 Å². The van der Waals surface area contributed by atoms with Crippen LogP contribution in [0.15, 0.2) is 66.2 Å². The summed E-state index contributed by atoms with van der Waals surface area (Å²) in [7, 11) is 1.62. The summed E-state index contributed by atoms with van der Waals surface area (Å²) in [6, 6.07) is 19.6. The van der Waals surface area contributed by atoms with Gasteiger partial charge >= 0.3 is 0 Å². The quantitative estimate of drug-likeness (QED) is 0.682. The van der Waals surface area contributed by atoms with E-state index in [-0.39, 0.29) is 0 Å². The van der Waals surface area contributed by atoms with Gasteiger partial charge in [-0.05, 0) is 12.1 Å². The third-order valence-corrected chi connectivity index (χ3v) is 4.25. The van der Waals surface area contributed by atoms with Gasteiger partial charge in [-0.25, -0.2) is 4.98 Å². The molecule has 0 amide bonds. The summed E-state index contributed by atoms with van der Waals surface area (Å²) >= 11 is 1.45. The van der Waals surface area contributed by atoms with Crippen LogP contribution in [0, 0.1) is 11.3 Å². The van der Waals surface area contributed by atoms with Gasteiger partial charge in [-0.15, -0.1) is 11.3 Å². The van der Waals surface area contributed by atoms with Crippen LogP contribution in [0.5, 0.6) is 5.75 Å². The van der Waals surface area contributed by atoms with Crippen molar-refractivity contribution in [3.05, 3.63) is 71.2 Å². The van der Waals surface area contributed by atoms with Crippen LogP contribution in [0.4, 0.5) is 5.69 Å². The molecule has 0 radical (unpaired) electrons. The lowest BCUT2D eigenvalue weighted by molar-refractivity contribution is 0.415. The fraction of sp³-hybridized carbons (Fsp3) is 0.0526. The van der Waals surface area contributed by atoms with Gasteiger partial charge in [-0.1, -0.05) is 36.4 Å². The van der Waals surface area contributed by atoms with Gasteiger partial charge in [0.05, 0.1) is 12.8 Å². The van der Waals surface area contributed by atoms with Gasteiger partial charge in [0.25, 0.3) is 0 Å². The molecule has 0 atom stereocenters. The van der Waals surface area contributed by atoms with Gasteiger partial charge in [0.15, 0.2) is 0 Å². The Labute approximate surface area is 144 Å². The SMILES string of the molecule is COc1cccc(N/C=C(/C#N)c2nc(-c3ccccc3)cs2)c1. The number of nitrogens with one attached hydrogen (secondary N) is 1. The Morgan fingerprint density at radius 2 is 2.04 bits per heavy atom. The highest BCUT2D eigenvalue weighted by molar-refractivity contribution is 7.11. The van der Waals surface area contributed by atoms with E-state index in [0.717, 1.165) is 22.7 Å². The van der Waals surface area contributed by atoms with Crippen molar-refractivity contribution in [2.45, 2.75) is 0 Å².